The fourth-order valence-electron chi connectivity index (χ4n) is 0.826. The predicted octanol–water partition coefficient (Wildman–Crippen LogP) is 2.25. The van der Waals surface area contributed by atoms with E-state index in [9.17, 15) is 4.39 Å². The Balaban J connectivity index is 3.25. The highest BCUT2D eigenvalue weighted by Gasteiger charge is 2.10. The number of phenols is 1. The van der Waals surface area contributed by atoms with Crippen LogP contribution in [0.25, 0.3) is 0 Å². The van der Waals surface area contributed by atoms with E-state index in [0.29, 0.717) is 0 Å². The van der Waals surface area contributed by atoms with Crippen LogP contribution < -0.4 is 0 Å². The van der Waals surface area contributed by atoms with Gasteiger partial charge in [-0.25, -0.2) is 4.39 Å². The molecule has 0 amide bonds. The molecule has 0 spiro atoms. The molecule has 0 radical (unpaired) electrons. The second-order valence-electron chi connectivity index (χ2n) is 2.19. The Bertz CT molecular complexity index is 346. The van der Waals surface area contributed by atoms with Crippen molar-refractivity contribution in [2.75, 3.05) is 0 Å². The van der Waals surface area contributed by atoms with Gasteiger partial charge < -0.3 is 5.11 Å². The van der Waals surface area contributed by atoms with E-state index < -0.39 is 5.82 Å². The van der Waals surface area contributed by atoms with Crippen LogP contribution in [0.4, 0.5) is 4.39 Å². The lowest BCUT2D eigenvalue weighted by Crippen LogP contribution is -1.89. The van der Waals surface area contributed by atoms with E-state index in [-0.39, 0.29) is 22.8 Å². The van der Waals surface area contributed by atoms with Gasteiger partial charge in [0.1, 0.15) is 11.6 Å². The minimum Gasteiger partial charge on any atom is -0.506 e. The van der Waals surface area contributed by atoms with Gasteiger partial charge in [-0.3, -0.25) is 0 Å². The van der Waals surface area contributed by atoms with E-state index in [0.717, 1.165) is 12.1 Å². The zero-order chi connectivity index (χ0) is 9.14. The molecule has 0 aliphatic rings. The van der Waals surface area contributed by atoms with E-state index in [1.807, 2.05) is 0 Å². The lowest BCUT2D eigenvalue weighted by Gasteiger charge is -2.02. The van der Waals surface area contributed by atoms with Crippen molar-refractivity contribution in [1.29, 1.82) is 5.26 Å². The maximum absolute atomic E-state index is 12.9. The summed E-state index contributed by atoms with van der Waals surface area (Å²) in [5.41, 5.74) is 0.0409. The van der Waals surface area contributed by atoms with E-state index in [1.165, 1.54) is 0 Å². The van der Waals surface area contributed by atoms with E-state index in [2.05, 4.69) is 0 Å². The molecule has 0 unspecified atom stereocenters. The first-order valence-electron chi connectivity index (χ1n) is 3.19. The van der Waals surface area contributed by atoms with Crippen LogP contribution in [0.3, 0.4) is 0 Å². The van der Waals surface area contributed by atoms with Crippen LogP contribution in [-0.4, -0.2) is 5.11 Å². The van der Waals surface area contributed by atoms with E-state index in [1.54, 1.807) is 6.07 Å². The summed E-state index contributed by atoms with van der Waals surface area (Å²) in [5.74, 6) is -0.775. The summed E-state index contributed by atoms with van der Waals surface area (Å²) >= 11 is 5.54. The first kappa shape index (κ1) is 8.82. The third kappa shape index (κ3) is 1.49. The monoisotopic (exact) mass is 185 g/mol. The Hall–Kier alpha value is -1.27. The molecule has 0 heterocycles. The molecule has 4 heteroatoms. The van der Waals surface area contributed by atoms with Gasteiger partial charge in [0.05, 0.1) is 17.5 Å². The average molecular weight is 186 g/mol. The first-order chi connectivity index (χ1) is 5.66. The molecule has 62 valence electrons. The zero-order valence-electron chi connectivity index (χ0n) is 6.01. The van der Waals surface area contributed by atoms with Crippen molar-refractivity contribution in [3.63, 3.8) is 0 Å². The summed E-state index contributed by atoms with van der Waals surface area (Å²) in [7, 11) is 0. The van der Waals surface area contributed by atoms with Crippen LogP contribution in [-0.2, 0) is 6.42 Å². The van der Waals surface area contributed by atoms with Crippen LogP contribution in [0.5, 0.6) is 5.75 Å². The van der Waals surface area contributed by atoms with Crippen molar-refractivity contribution >= 4 is 11.6 Å². The molecule has 0 fully saturated rings. The molecule has 1 aromatic carbocycles. The molecular formula is C8H5ClFNO. The minimum atomic E-state index is -0.570. The zero-order valence-corrected chi connectivity index (χ0v) is 6.77. The predicted molar refractivity (Wildman–Crippen MR) is 42.4 cm³/mol. The Morgan fingerprint density at radius 1 is 1.58 bits per heavy atom. The molecule has 12 heavy (non-hydrogen) atoms. The third-order valence-electron chi connectivity index (χ3n) is 1.42. The fraction of sp³-hybridized carbons (Fsp3) is 0.125. The van der Waals surface area contributed by atoms with Crippen molar-refractivity contribution < 1.29 is 9.50 Å². The van der Waals surface area contributed by atoms with Gasteiger partial charge in [0.25, 0.3) is 0 Å². The molecule has 0 aliphatic heterocycles. The molecule has 0 saturated heterocycles. The van der Waals surface area contributed by atoms with Crippen LogP contribution in [0.2, 0.25) is 5.02 Å². The number of nitrogens with zero attached hydrogens (tertiary/aromatic N) is 1. The lowest BCUT2D eigenvalue weighted by atomic mass is 10.1. The van der Waals surface area contributed by atoms with Gasteiger partial charge in [0.2, 0.25) is 0 Å². The molecular weight excluding hydrogens is 181 g/mol. The number of nitriles is 1. The fourth-order valence-corrected chi connectivity index (χ4v) is 1.05. The second-order valence-corrected chi connectivity index (χ2v) is 2.57. The van der Waals surface area contributed by atoms with E-state index in [4.69, 9.17) is 22.0 Å². The van der Waals surface area contributed by atoms with Gasteiger partial charge in [-0.1, -0.05) is 11.6 Å². The number of phenolic OH excluding ortho intramolecular Hbond substituents is 1. The van der Waals surface area contributed by atoms with Crippen molar-refractivity contribution in [2.24, 2.45) is 0 Å². The summed E-state index contributed by atoms with van der Waals surface area (Å²) in [6.45, 7) is 0. The third-order valence-corrected chi connectivity index (χ3v) is 1.84. The molecule has 0 atom stereocenters. The van der Waals surface area contributed by atoms with Gasteiger partial charge in [-0.15, -0.1) is 0 Å². The molecule has 0 aromatic heterocycles. The standard InChI is InChI=1S/C8H5ClFNO/c9-8-5(3-4-11)6(10)1-2-7(8)12/h1-2,12H,3H2. The summed E-state index contributed by atoms with van der Waals surface area (Å²) < 4.78 is 12.9. The smallest absolute Gasteiger partial charge is 0.134 e. The SMILES string of the molecule is N#CCc1c(F)ccc(O)c1Cl. The van der Waals surface area contributed by atoms with Crippen molar-refractivity contribution in [3.05, 3.63) is 28.5 Å². The van der Waals surface area contributed by atoms with Gasteiger partial charge in [-0.05, 0) is 12.1 Å². The molecule has 0 aliphatic carbocycles. The van der Waals surface area contributed by atoms with Crippen LogP contribution >= 0.6 is 11.6 Å². The minimum absolute atomic E-state index is 0.0409. The number of rotatable bonds is 1. The van der Waals surface area contributed by atoms with Crippen LogP contribution in [0.15, 0.2) is 12.1 Å². The second kappa shape index (κ2) is 3.42. The Labute approximate surface area is 73.8 Å². The van der Waals surface area contributed by atoms with Gasteiger partial charge in [0.15, 0.2) is 0 Å². The molecule has 0 bridgehead atoms. The number of aromatic hydroxyl groups is 1. The number of benzene rings is 1. The summed E-state index contributed by atoms with van der Waals surface area (Å²) in [6.07, 6.45) is -0.140. The first-order valence-corrected chi connectivity index (χ1v) is 3.57. The summed E-state index contributed by atoms with van der Waals surface area (Å²) in [5, 5.41) is 17.3. The van der Waals surface area contributed by atoms with Gasteiger partial charge in [0, 0.05) is 5.56 Å². The Morgan fingerprint density at radius 3 is 2.83 bits per heavy atom. The topological polar surface area (TPSA) is 44.0 Å². The highest BCUT2D eigenvalue weighted by molar-refractivity contribution is 6.32. The normalized spacial score (nSPS) is 9.42. The van der Waals surface area contributed by atoms with Crippen molar-refractivity contribution in [3.8, 4) is 11.8 Å². The molecule has 1 aromatic rings. The number of hydrogen-bond acceptors (Lipinski definition) is 2. The largest absolute Gasteiger partial charge is 0.506 e. The highest BCUT2D eigenvalue weighted by Crippen LogP contribution is 2.28. The van der Waals surface area contributed by atoms with E-state index >= 15 is 0 Å². The quantitative estimate of drug-likeness (QED) is 0.729. The van der Waals surface area contributed by atoms with Crippen molar-refractivity contribution in [1.82, 2.24) is 0 Å². The molecule has 2 nitrogen and oxygen atoms in total. The summed E-state index contributed by atoms with van der Waals surface area (Å²) in [6, 6.07) is 3.99. The van der Waals surface area contributed by atoms with Crippen molar-refractivity contribution in [2.45, 2.75) is 6.42 Å². The lowest BCUT2D eigenvalue weighted by molar-refractivity contribution is 0.472. The number of halogens is 2. The highest BCUT2D eigenvalue weighted by atomic mass is 35.5. The maximum Gasteiger partial charge on any atom is 0.134 e. The van der Waals surface area contributed by atoms with Crippen LogP contribution in [0, 0.1) is 17.1 Å². The van der Waals surface area contributed by atoms with Gasteiger partial charge in [-0.2, -0.15) is 5.26 Å². The van der Waals surface area contributed by atoms with Gasteiger partial charge >= 0.3 is 0 Å². The molecule has 1 rings (SSSR count). The van der Waals surface area contributed by atoms with Crippen LogP contribution in [0.1, 0.15) is 5.56 Å². The Kier molecular flexibility index (Phi) is 2.51. The number of hydrogen-bond donors (Lipinski definition) is 1. The Morgan fingerprint density at radius 2 is 2.25 bits per heavy atom. The molecule has 1 N–H and O–H groups in total. The summed E-state index contributed by atoms with van der Waals surface area (Å²) in [4.78, 5) is 0. The maximum atomic E-state index is 12.9. The molecule has 0 saturated carbocycles. The average Bonchev–Trinajstić information content (AvgIpc) is 2.06.